The molecule has 0 unspecified atom stereocenters. The fourth-order valence-electron chi connectivity index (χ4n) is 2.31. The average Bonchev–Trinajstić information content (AvgIpc) is 3.19. The summed E-state index contributed by atoms with van der Waals surface area (Å²) in [5, 5.41) is 3.21. The minimum atomic E-state index is -4.31. The van der Waals surface area contributed by atoms with Crippen molar-refractivity contribution in [1.29, 1.82) is 0 Å². The Balaban J connectivity index is 2.16. The van der Waals surface area contributed by atoms with Crippen LogP contribution in [0.1, 0.15) is 18.4 Å². The molecule has 3 nitrogen and oxygen atoms in total. The Morgan fingerprint density at radius 1 is 1.29 bits per heavy atom. The first kappa shape index (κ1) is 14.1. The molecule has 2 aromatic rings. The van der Waals surface area contributed by atoms with E-state index in [4.69, 9.17) is 18.0 Å². The number of rotatable bonds is 3. The molecule has 21 heavy (non-hydrogen) atoms. The number of fused-ring (bicyclic) bond motifs is 1. The van der Waals surface area contributed by atoms with Crippen LogP contribution >= 0.6 is 12.2 Å². The summed E-state index contributed by atoms with van der Waals surface area (Å²) in [5.41, 5.74) is 4.98. The molecule has 3 rings (SSSR count). The van der Waals surface area contributed by atoms with Gasteiger partial charge in [-0.25, -0.2) is 0 Å². The standard InChI is InChI=1S/C14H12F3N3S/c15-14(16,17)13(5-6-13)20-11-8-3-1-2-4-10(8)19-7-9(11)12(18)21/h1-4,7H,5-6H2,(H2,18,21)(H,19,20). The Labute approximate surface area is 124 Å². The number of para-hydroxylation sites is 1. The van der Waals surface area contributed by atoms with Crippen molar-refractivity contribution in [2.75, 3.05) is 5.32 Å². The molecule has 7 heteroatoms. The second-order valence-electron chi connectivity index (χ2n) is 5.13. The number of nitrogens with two attached hydrogens (primary N) is 1. The summed E-state index contributed by atoms with van der Waals surface area (Å²) in [4.78, 5) is 4.21. The molecule has 1 aliphatic rings. The molecule has 0 bridgehead atoms. The molecule has 0 aliphatic heterocycles. The van der Waals surface area contributed by atoms with Gasteiger partial charge in [0.15, 0.2) is 0 Å². The highest BCUT2D eigenvalue weighted by molar-refractivity contribution is 7.80. The molecule has 110 valence electrons. The summed E-state index contributed by atoms with van der Waals surface area (Å²) >= 11 is 4.93. The Morgan fingerprint density at radius 3 is 2.52 bits per heavy atom. The van der Waals surface area contributed by atoms with Crippen LogP contribution in [0.5, 0.6) is 0 Å². The first-order valence-corrected chi connectivity index (χ1v) is 6.77. The lowest BCUT2D eigenvalue weighted by Gasteiger charge is -2.24. The van der Waals surface area contributed by atoms with Crippen LogP contribution < -0.4 is 11.1 Å². The third kappa shape index (κ3) is 2.31. The van der Waals surface area contributed by atoms with Gasteiger partial charge in [-0.3, -0.25) is 4.98 Å². The highest BCUT2D eigenvalue weighted by Gasteiger charge is 2.63. The van der Waals surface area contributed by atoms with Crippen LogP contribution in [-0.2, 0) is 0 Å². The Hall–Kier alpha value is -1.89. The van der Waals surface area contributed by atoms with Gasteiger partial charge < -0.3 is 11.1 Å². The summed E-state index contributed by atoms with van der Waals surface area (Å²) in [6.07, 6.45) is -2.81. The zero-order chi connectivity index (χ0) is 15.3. The topological polar surface area (TPSA) is 50.9 Å². The SMILES string of the molecule is NC(=S)c1cnc2ccccc2c1NC1(C(F)(F)F)CC1. The highest BCUT2D eigenvalue weighted by Crippen LogP contribution is 2.52. The molecule has 0 amide bonds. The van der Waals surface area contributed by atoms with Crippen molar-refractivity contribution in [1.82, 2.24) is 4.98 Å². The molecular formula is C14H12F3N3S. The number of nitrogens with zero attached hydrogens (tertiary/aromatic N) is 1. The van der Waals surface area contributed by atoms with Crippen molar-refractivity contribution in [3.8, 4) is 0 Å². The van der Waals surface area contributed by atoms with Gasteiger partial charge in [0.2, 0.25) is 0 Å². The van der Waals surface area contributed by atoms with Gasteiger partial charge in [0.1, 0.15) is 10.5 Å². The van der Waals surface area contributed by atoms with Crippen LogP contribution in [0.15, 0.2) is 30.5 Å². The third-order valence-corrected chi connectivity index (χ3v) is 3.92. The minimum absolute atomic E-state index is 0.0220. The summed E-state index contributed by atoms with van der Waals surface area (Å²) in [6, 6.07) is 6.96. The van der Waals surface area contributed by atoms with Crippen LogP contribution in [-0.4, -0.2) is 21.7 Å². The lowest BCUT2D eigenvalue weighted by Crippen LogP contribution is -2.39. The van der Waals surface area contributed by atoms with Gasteiger partial charge in [-0.2, -0.15) is 13.2 Å². The van der Waals surface area contributed by atoms with Gasteiger partial charge >= 0.3 is 6.18 Å². The lowest BCUT2D eigenvalue weighted by atomic mass is 10.1. The normalized spacial score (nSPS) is 16.7. The van der Waals surface area contributed by atoms with Crippen molar-refractivity contribution in [3.05, 3.63) is 36.0 Å². The van der Waals surface area contributed by atoms with Gasteiger partial charge in [0.05, 0.1) is 16.8 Å². The van der Waals surface area contributed by atoms with E-state index in [1.807, 2.05) is 0 Å². The van der Waals surface area contributed by atoms with Crippen LogP contribution in [0.2, 0.25) is 0 Å². The largest absolute Gasteiger partial charge is 0.411 e. The number of halogens is 3. The monoisotopic (exact) mass is 311 g/mol. The first-order valence-electron chi connectivity index (χ1n) is 6.36. The van der Waals surface area contributed by atoms with Crippen molar-refractivity contribution in [2.24, 2.45) is 5.73 Å². The Kier molecular flexibility index (Phi) is 3.05. The van der Waals surface area contributed by atoms with Crippen LogP contribution in [0.25, 0.3) is 10.9 Å². The molecule has 1 aromatic heterocycles. The number of benzene rings is 1. The summed E-state index contributed by atoms with van der Waals surface area (Å²) in [6.45, 7) is 0. The molecular weight excluding hydrogens is 299 g/mol. The van der Waals surface area contributed by atoms with E-state index in [1.54, 1.807) is 24.3 Å². The minimum Gasteiger partial charge on any atom is -0.389 e. The zero-order valence-electron chi connectivity index (χ0n) is 10.9. The fourth-order valence-corrected chi connectivity index (χ4v) is 2.46. The highest BCUT2D eigenvalue weighted by atomic mass is 32.1. The van der Waals surface area contributed by atoms with E-state index >= 15 is 0 Å². The number of alkyl halides is 3. The van der Waals surface area contributed by atoms with E-state index in [2.05, 4.69) is 10.3 Å². The number of hydrogen-bond acceptors (Lipinski definition) is 3. The maximum absolute atomic E-state index is 13.2. The van der Waals surface area contributed by atoms with E-state index in [9.17, 15) is 13.2 Å². The molecule has 1 saturated carbocycles. The van der Waals surface area contributed by atoms with Gasteiger partial charge in [-0.15, -0.1) is 0 Å². The van der Waals surface area contributed by atoms with Gasteiger partial charge in [-0.05, 0) is 18.9 Å². The third-order valence-electron chi connectivity index (χ3n) is 3.70. The Bertz CT molecular complexity index is 723. The second kappa shape index (κ2) is 4.56. The number of anilines is 1. The molecule has 0 atom stereocenters. The molecule has 1 aliphatic carbocycles. The zero-order valence-corrected chi connectivity index (χ0v) is 11.7. The average molecular weight is 311 g/mol. The van der Waals surface area contributed by atoms with Gasteiger partial charge in [-0.1, -0.05) is 30.4 Å². The van der Waals surface area contributed by atoms with Gasteiger partial charge in [0, 0.05) is 11.6 Å². The molecule has 1 fully saturated rings. The molecule has 0 spiro atoms. The maximum Gasteiger partial charge on any atom is 0.411 e. The second-order valence-corrected chi connectivity index (χ2v) is 5.57. The molecule has 0 saturated heterocycles. The predicted octanol–water partition coefficient (Wildman–Crippen LogP) is 3.38. The number of pyridine rings is 1. The van der Waals surface area contributed by atoms with E-state index in [0.29, 0.717) is 22.2 Å². The number of nitrogens with one attached hydrogen (secondary N) is 1. The Morgan fingerprint density at radius 2 is 1.95 bits per heavy atom. The lowest BCUT2D eigenvalue weighted by molar-refractivity contribution is -0.151. The van der Waals surface area contributed by atoms with Crippen LogP contribution in [0, 0.1) is 0 Å². The summed E-state index contributed by atoms with van der Waals surface area (Å²) < 4.78 is 39.5. The first-order chi connectivity index (χ1) is 9.84. The number of hydrogen-bond donors (Lipinski definition) is 2. The van der Waals surface area contributed by atoms with Crippen LogP contribution in [0.4, 0.5) is 18.9 Å². The number of thiocarbonyl (C=S) groups is 1. The van der Waals surface area contributed by atoms with Crippen molar-refractivity contribution in [3.63, 3.8) is 0 Å². The van der Waals surface area contributed by atoms with Crippen molar-refractivity contribution in [2.45, 2.75) is 24.6 Å². The summed E-state index contributed by atoms with van der Waals surface area (Å²) in [5.74, 6) is 0. The molecule has 3 N–H and O–H groups in total. The van der Waals surface area contributed by atoms with Crippen molar-refractivity contribution < 1.29 is 13.2 Å². The smallest absolute Gasteiger partial charge is 0.389 e. The molecule has 1 heterocycles. The van der Waals surface area contributed by atoms with E-state index in [0.717, 1.165) is 0 Å². The van der Waals surface area contributed by atoms with E-state index in [1.165, 1.54) is 6.20 Å². The van der Waals surface area contributed by atoms with Gasteiger partial charge in [0.25, 0.3) is 0 Å². The molecule has 1 aromatic carbocycles. The summed E-state index contributed by atoms with van der Waals surface area (Å²) in [7, 11) is 0. The van der Waals surface area contributed by atoms with Crippen LogP contribution in [0.3, 0.4) is 0 Å². The maximum atomic E-state index is 13.2. The van der Waals surface area contributed by atoms with E-state index < -0.39 is 11.7 Å². The van der Waals surface area contributed by atoms with E-state index in [-0.39, 0.29) is 17.8 Å². The fraction of sp³-hybridized carbons (Fsp3) is 0.286. The predicted molar refractivity (Wildman–Crippen MR) is 79.3 cm³/mol. The molecule has 0 radical (unpaired) electrons. The van der Waals surface area contributed by atoms with Crippen molar-refractivity contribution >= 4 is 33.8 Å². The number of aromatic nitrogens is 1. The quantitative estimate of drug-likeness (QED) is 0.853.